The second kappa shape index (κ2) is 10.9. The van der Waals surface area contributed by atoms with E-state index < -0.39 is 20.1 Å². The number of benzene rings is 1. The summed E-state index contributed by atoms with van der Waals surface area (Å²) in [6.07, 6.45) is 1.47. The fourth-order valence-corrected chi connectivity index (χ4v) is 5.06. The second-order valence-corrected chi connectivity index (χ2v) is 15.7. The highest BCUT2D eigenvalue weighted by Crippen LogP contribution is 2.36. The van der Waals surface area contributed by atoms with E-state index in [2.05, 4.69) is 44.2 Å². The zero-order chi connectivity index (χ0) is 25.8. The zero-order valence-electron chi connectivity index (χ0n) is 20.6. The van der Waals surface area contributed by atoms with E-state index in [-0.39, 0.29) is 15.5 Å². The Balaban J connectivity index is 1.79. The van der Waals surface area contributed by atoms with Crippen LogP contribution in [0.2, 0.25) is 23.2 Å². The van der Waals surface area contributed by atoms with E-state index in [1.165, 1.54) is 11.1 Å². The van der Waals surface area contributed by atoms with Gasteiger partial charge in [-0.15, -0.1) is 11.3 Å². The van der Waals surface area contributed by atoms with E-state index in [0.29, 0.717) is 29.7 Å². The number of amides is 2. The molecular weight excluding hydrogens is 500 g/mol. The summed E-state index contributed by atoms with van der Waals surface area (Å²) in [4.78, 5) is 31.4. The molecule has 1 aromatic carbocycles. The van der Waals surface area contributed by atoms with Crippen molar-refractivity contribution in [1.82, 2.24) is 4.98 Å². The first-order valence-electron chi connectivity index (χ1n) is 11.2. The molecule has 0 spiro atoms. The number of thiophene rings is 1. The third kappa shape index (κ3) is 6.49. The SMILES string of the molecule is CC(C)(C)[Si](C)(C)OCCNc1ccc(N(C(=O)c2sccc2C(N)=O)c2ccc(Cl)cn2)cc1. The lowest BCUT2D eigenvalue weighted by atomic mass is 10.2. The van der Waals surface area contributed by atoms with Crippen molar-refractivity contribution in [2.45, 2.75) is 38.9 Å². The summed E-state index contributed by atoms with van der Waals surface area (Å²) in [6.45, 7) is 12.4. The summed E-state index contributed by atoms with van der Waals surface area (Å²) >= 11 is 7.16. The number of rotatable bonds is 9. The van der Waals surface area contributed by atoms with Crippen molar-refractivity contribution in [3.8, 4) is 0 Å². The lowest BCUT2D eigenvalue weighted by molar-refractivity contribution is 0.0970. The lowest BCUT2D eigenvalue weighted by Gasteiger charge is -2.36. The normalized spacial score (nSPS) is 11.8. The summed E-state index contributed by atoms with van der Waals surface area (Å²) in [7, 11) is -1.79. The van der Waals surface area contributed by atoms with Crippen molar-refractivity contribution < 1.29 is 14.0 Å². The molecule has 7 nitrogen and oxygen atoms in total. The molecule has 0 aliphatic heterocycles. The zero-order valence-corrected chi connectivity index (χ0v) is 23.2. The highest BCUT2D eigenvalue weighted by molar-refractivity contribution is 7.12. The number of anilines is 3. The smallest absolute Gasteiger partial charge is 0.274 e. The number of carbonyl (C=O) groups is 2. The highest BCUT2D eigenvalue weighted by Gasteiger charge is 2.36. The van der Waals surface area contributed by atoms with Crippen LogP contribution in [0.25, 0.3) is 0 Å². The van der Waals surface area contributed by atoms with Gasteiger partial charge in [0.2, 0.25) is 5.91 Å². The molecule has 3 N–H and O–H groups in total. The van der Waals surface area contributed by atoms with Gasteiger partial charge in [0.15, 0.2) is 8.32 Å². The van der Waals surface area contributed by atoms with Crippen molar-refractivity contribution in [1.29, 1.82) is 0 Å². The van der Waals surface area contributed by atoms with Gasteiger partial charge in [0.05, 0.1) is 22.9 Å². The van der Waals surface area contributed by atoms with E-state index in [0.717, 1.165) is 17.0 Å². The monoisotopic (exact) mass is 530 g/mol. The third-order valence-corrected chi connectivity index (χ3v) is 11.8. The average molecular weight is 531 g/mol. The first-order valence-corrected chi connectivity index (χ1v) is 15.4. The van der Waals surface area contributed by atoms with Crippen LogP contribution in [0.3, 0.4) is 0 Å². The molecule has 0 aliphatic rings. The summed E-state index contributed by atoms with van der Waals surface area (Å²) in [5, 5.41) is 5.65. The summed E-state index contributed by atoms with van der Waals surface area (Å²) in [5.74, 6) is -0.670. The Bertz CT molecular complexity index is 1170. The van der Waals surface area contributed by atoms with E-state index in [4.69, 9.17) is 21.8 Å². The number of nitrogens with two attached hydrogens (primary N) is 1. The van der Waals surface area contributed by atoms with Crippen LogP contribution in [-0.2, 0) is 4.43 Å². The molecule has 2 aromatic heterocycles. The van der Waals surface area contributed by atoms with Gasteiger partial charge >= 0.3 is 0 Å². The fourth-order valence-electron chi connectivity index (χ4n) is 3.07. The van der Waals surface area contributed by atoms with Crippen LogP contribution in [0, 0.1) is 0 Å². The number of aromatic nitrogens is 1. The molecule has 0 fully saturated rings. The minimum Gasteiger partial charge on any atom is -0.415 e. The van der Waals surface area contributed by atoms with Crippen molar-refractivity contribution >= 4 is 60.3 Å². The molecule has 3 rings (SSSR count). The molecule has 0 aliphatic carbocycles. The highest BCUT2D eigenvalue weighted by atomic mass is 35.5. The van der Waals surface area contributed by atoms with E-state index in [1.54, 1.807) is 23.6 Å². The van der Waals surface area contributed by atoms with Crippen LogP contribution in [0.4, 0.5) is 17.2 Å². The number of hydrogen-bond donors (Lipinski definition) is 2. The summed E-state index contributed by atoms with van der Waals surface area (Å²) in [6, 6.07) is 12.3. The van der Waals surface area contributed by atoms with Crippen LogP contribution in [0.15, 0.2) is 54.0 Å². The van der Waals surface area contributed by atoms with Gasteiger partial charge in [-0.2, -0.15) is 0 Å². The molecule has 0 saturated carbocycles. The minimum absolute atomic E-state index is 0.164. The van der Waals surface area contributed by atoms with Gasteiger partial charge in [-0.25, -0.2) is 4.98 Å². The van der Waals surface area contributed by atoms with Crippen LogP contribution >= 0.6 is 22.9 Å². The molecular formula is C25H31ClN4O3SSi. The molecule has 0 radical (unpaired) electrons. The number of nitrogens with zero attached hydrogens (tertiary/aromatic N) is 2. The van der Waals surface area contributed by atoms with Crippen LogP contribution in [0.1, 0.15) is 40.8 Å². The topological polar surface area (TPSA) is 97.5 Å². The Hall–Kier alpha value is -2.72. The number of pyridine rings is 1. The van der Waals surface area contributed by atoms with Crippen molar-refractivity contribution in [2.24, 2.45) is 5.73 Å². The summed E-state index contributed by atoms with van der Waals surface area (Å²) in [5.41, 5.74) is 7.15. The first kappa shape index (κ1) is 26.9. The van der Waals surface area contributed by atoms with Crippen molar-refractivity contribution in [3.63, 3.8) is 0 Å². The average Bonchev–Trinajstić information content (AvgIpc) is 3.29. The maximum absolute atomic E-state index is 13.5. The van der Waals surface area contributed by atoms with Gasteiger partial charge < -0.3 is 15.5 Å². The first-order chi connectivity index (χ1) is 16.4. The molecule has 2 heterocycles. The molecule has 10 heteroatoms. The van der Waals surface area contributed by atoms with Gasteiger partial charge in [-0.3, -0.25) is 14.5 Å². The Morgan fingerprint density at radius 1 is 1.14 bits per heavy atom. The number of halogens is 1. The second-order valence-electron chi connectivity index (χ2n) is 9.59. The molecule has 0 bridgehead atoms. The quantitative estimate of drug-likeness (QED) is 0.249. The van der Waals surface area contributed by atoms with E-state index >= 15 is 0 Å². The Morgan fingerprint density at radius 3 is 2.40 bits per heavy atom. The van der Waals surface area contributed by atoms with E-state index in [1.807, 2.05) is 24.3 Å². The number of nitrogens with one attached hydrogen (secondary N) is 1. The lowest BCUT2D eigenvalue weighted by Crippen LogP contribution is -2.41. The predicted octanol–water partition coefficient (Wildman–Crippen LogP) is 6.31. The number of carbonyl (C=O) groups excluding carboxylic acids is 2. The predicted molar refractivity (Wildman–Crippen MR) is 147 cm³/mol. The Labute approximate surface area is 216 Å². The molecule has 35 heavy (non-hydrogen) atoms. The Kier molecular flexibility index (Phi) is 8.37. The van der Waals surface area contributed by atoms with Crippen LogP contribution in [-0.4, -0.2) is 38.3 Å². The van der Waals surface area contributed by atoms with Gasteiger partial charge in [-0.1, -0.05) is 32.4 Å². The maximum atomic E-state index is 13.5. The summed E-state index contributed by atoms with van der Waals surface area (Å²) < 4.78 is 6.22. The largest absolute Gasteiger partial charge is 0.415 e. The van der Waals surface area contributed by atoms with Gasteiger partial charge in [0, 0.05) is 18.4 Å². The van der Waals surface area contributed by atoms with Gasteiger partial charge in [-0.05, 0) is 66.0 Å². The van der Waals surface area contributed by atoms with Crippen LogP contribution < -0.4 is 16.0 Å². The van der Waals surface area contributed by atoms with E-state index in [9.17, 15) is 9.59 Å². The van der Waals surface area contributed by atoms with Crippen LogP contribution in [0.5, 0.6) is 0 Å². The third-order valence-electron chi connectivity index (χ3n) is 6.09. The Morgan fingerprint density at radius 2 is 1.83 bits per heavy atom. The van der Waals surface area contributed by atoms with Gasteiger partial charge in [0.25, 0.3) is 5.91 Å². The molecule has 2 amide bonds. The molecule has 0 atom stereocenters. The maximum Gasteiger partial charge on any atom is 0.274 e. The molecule has 3 aromatic rings. The minimum atomic E-state index is -1.79. The fraction of sp³-hybridized carbons (Fsp3) is 0.320. The number of primary amides is 1. The van der Waals surface area contributed by atoms with Crippen molar-refractivity contribution in [2.75, 3.05) is 23.4 Å². The van der Waals surface area contributed by atoms with Crippen molar-refractivity contribution in [3.05, 3.63) is 69.5 Å². The molecule has 0 saturated heterocycles. The number of hydrogen-bond acceptors (Lipinski definition) is 6. The standard InChI is InChI=1S/C25H31ClN4O3SSi/c1-25(2,3)35(4,5)33-14-13-28-18-7-9-19(10-8-18)30(21-11-6-17(26)16-29-21)24(32)22-20(23(27)31)12-15-34-22/h6-12,15-16,28H,13-14H2,1-5H3,(H2,27,31). The molecule has 186 valence electrons. The van der Waals surface area contributed by atoms with Gasteiger partial charge in [0.1, 0.15) is 10.7 Å². The molecule has 0 unspecified atom stereocenters.